The monoisotopic (exact) mass is 314 g/mol. The van der Waals surface area contributed by atoms with E-state index in [0.29, 0.717) is 11.8 Å². The molecule has 2 N–H and O–H groups in total. The Kier molecular flexibility index (Phi) is 5.89. The highest BCUT2D eigenvalue weighted by Gasteiger charge is 2.19. The van der Waals surface area contributed by atoms with E-state index in [1.165, 1.54) is 6.42 Å². The van der Waals surface area contributed by atoms with Gasteiger partial charge in [0.2, 0.25) is 10.0 Å². The fourth-order valence-corrected chi connectivity index (χ4v) is 4.81. The van der Waals surface area contributed by atoms with Gasteiger partial charge in [-0.3, -0.25) is 0 Å². The Morgan fingerprint density at radius 2 is 2.15 bits per heavy atom. The zero-order valence-corrected chi connectivity index (χ0v) is 13.4. The highest BCUT2D eigenvalue weighted by atomic mass is 32.2. The van der Waals surface area contributed by atoms with Crippen molar-refractivity contribution < 1.29 is 8.42 Å². The van der Waals surface area contributed by atoms with Gasteiger partial charge in [-0.25, -0.2) is 13.1 Å². The molecule has 0 amide bonds. The minimum Gasteiger partial charge on any atom is -0.316 e. The summed E-state index contributed by atoms with van der Waals surface area (Å²) in [4.78, 5) is 0. The van der Waals surface area contributed by atoms with Gasteiger partial charge >= 0.3 is 0 Å². The molecule has 6 heteroatoms. The average molecular weight is 314 g/mol. The third kappa shape index (κ3) is 5.09. The summed E-state index contributed by atoms with van der Waals surface area (Å²) in [6, 6.07) is 7.71. The predicted octanol–water partition coefficient (Wildman–Crippen LogP) is 1.72. The smallest absolute Gasteiger partial charge is 0.215 e. The first-order valence-electron chi connectivity index (χ1n) is 6.90. The molecule has 0 saturated carbocycles. The second-order valence-corrected chi connectivity index (χ2v) is 8.31. The van der Waals surface area contributed by atoms with Crippen LogP contribution < -0.4 is 10.0 Å². The lowest BCUT2D eigenvalue weighted by Crippen LogP contribution is -2.30. The molecule has 1 atom stereocenters. The van der Waals surface area contributed by atoms with Crippen molar-refractivity contribution >= 4 is 21.8 Å². The van der Waals surface area contributed by atoms with Crippen LogP contribution in [0.2, 0.25) is 0 Å². The lowest BCUT2D eigenvalue weighted by atomic mass is 10.1. The van der Waals surface area contributed by atoms with Gasteiger partial charge in [0.25, 0.3) is 0 Å². The molecule has 0 bridgehead atoms. The van der Waals surface area contributed by atoms with Crippen LogP contribution in [0.3, 0.4) is 0 Å². The normalized spacial score (nSPS) is 19.4. The van der Waals surface area contributed by atoms with Crippen LogP contribution in [0, 0.1) is 0 Å². The summed E-state index contributed by atoms with van der Waals surface area (Å²) in [5.74, 6) is 1.21. The molecule has 1 unspecified atom stereocenters. The molecular weight excluding hydrogens is 292 g/mol. The fourth-order valence-electron chi connectivity index (χ4n) is 2.33. The van der Waals surface area contributed by atoms with Crippen LogP contribution in [0.15, 0.2) is 24.3 Å². The topological polar surface area (TPSA) is 58.2 Å². The van der Waals surface area contributed by atoms with Crippen molar-refractivity contribution in [3.8, 4) is 0 Å². The van der Waals surface area contributed by atoms with Crippen molar-refractivity contribution in [1.29, 1.82) is 0 Å². The SMILES string of the molecule is CNCc1cccc(CS(=O)(=O)NCC2CCCS2)c1. The summed E-state index contributed by atoms with van der Waals surface area (Å²) < 4.78 is 26.9. The van der Waals surface area contributed by atoms with Crippen LogP contribution in [-0.2, 0) is 22.3 Å². The van der Waals surface area contributed by atoms with Gasteiger partial charge in [0.1, 0.15) is 0 Å². The number of thioether (sulfide) groups is 1. The Morgan fingerprint density at radius 1 is 1.35 bits per heavy atom. The van der Waals surface area contributed by atoms with Gasteiger partial charge in [0.05, 0.1) is 5.75 Å². The largest absolute Gasteiger partial charge is 0.316 e. The van der Waals surface area contributed by atoms with Crippen molar-refractivity contribution in [1.82, 2.24) is 10.0 Å². The van der Waals surface area contributed by atoms with Crippen LogP contribution in [0.1, 0.15) is 24.0 Å². The average Bonchev–Trinajstić information content (AvgIpc) is 2.90. The molecule has 4 nitrogen and oxygen atoms in total. The van der Waals surface area contributed by atoms with Gasteiger partial charge in [-0.15, -0.1) is 0 Å². The van der Waals surface area contributed by atoms with Gasteiger partial charge in [-0.2, -0.15) is 11.8 Å². The van der Waals surface area contributed by atoms with E-state index >= 15 is 0 Å². The number of benzene rings is 1. The molecule has 1 aromatic carbocycles. The molecule has 0 aromatic heterocycles. The molecule has 1 aromatic rings. The molecule has 0 aliphatic carbocycles. The number of nitrogens with one attached hydrogen (secondary N) is 2. The van der Waals surface area contributed by atoms with E-state index < -0.39 is 10.0 Å². The molecular formula is C14H22N2O2S2. The van der Waals surface area contributed by atoms with E-state index in [1.807, 2.05) is 43.1 Å². The van der Waals surface area contributed by atoms with Crippen molar-refractivity contribution in [3.63, 3.8) is 0 Å². The number of hydrogen-bond acceptors (Lipinski definition) is 4. The minimum absolute atomic E-state index is 0.0575. The van der Waals surface area contributed by atoms with Crippen LogP contribution in [0.25, 0.3) is 0 Å². The number of hydrogen-bond donors (Lipinski definition) is 2. The molecule has 1 heterocycles. The summed E-state index contributed by atoms with van der Waals surface area (Å²) in [6.07, 6.45) is 2.31. The lowest BCUT2D eigenvalue weighted by molar-refractivity contribution is 0.578. The van der Waals surface area contributed by atoms with E-state index in [2.05, 4.69) is 10.0 Å². The van der Waals surface area contributed by atoms with Crippen LogP contribution in [-0.4, -0.2) is 33.0 Å². The fraction of sp³-hybridized carbons (Fsp3) is 0.571. The van der Waals surface area contributed by atoms with Crippen LogP contribution in [0.4, 0.5) is 0 Å². The predicted molar refractivity (Wildman–Crippen MR) is 85.3 cm³/mol. The van der Waals surface area contributed by atoms with Gasteiger partial charge in [0.15, 0.2) is 0 Å². The first-order valence-corrected chi connectivity index (χ1v) is 9.60. The molecule has 1 aliphatic rings. The van der Waals surface area contributed by atoms with Crippen LogP contribution in [0.5, 0.6) is 0 Å². The number of sulfonamides is 1. The molecule has 2 rings (SSSR count). The second-order valence-electron chi connectivity index (χ2n) is 5.09. The summed E-state index contributed by atoms with van der Waals surface area (Å²) in [5, 5.41) is 3.51. The third-order valence-corrected chi connectivity index (χ3v) is 6.00. The Morgan fingerprint density at radius 3 is 2.85 bits per heavy atom. The van der Waals surface area contributed by atoms with E-state index in [-0.39, 0.29) is 5.75 Å². The first-order chi connectivity index (χ1) is 9.59. The Hall–Kier alpha value is -0.560. The van der Waals surface area contributed by atoms with Gasteiger partial charge in [-0.05, 0) is 36.8 Å². The molecule has 0 radical (unpaired) electrons. The Labute approximate surface area is 125 Å². The zero-order chi connectivity index (χ0) is 14.4. The highest BCUT2D eigenvalue weighted by molar-refractivity contribution is 8.00. The van der Waals surface area contributed by atoms with Crippen molar-refractivity contribution in [2.45, 2.75) is 30.4 Å². The summed E-state index contributed by atoms with van der Waals surface area (Å²) in [5.41, 5.74) is 1.94. The quantitative estimate of drug-likeness (QED) is 0.804. The molecule has 0 spiro atoms. The number of rotatable bonds is 7. The van der Waals surface area contributed by atoms with Crippen molar-refractivity contribution in [2.75, 3.05) is 19.3 Å². The van der Waals surface area contributed by atoms with E-state index in [4.69, 9.17) is 0 Å². The Balaban J connectivity index is 1.91. The molecule has 1 saturated heterocycles. The molecule has 112 valence electrons. The van der Waals surface area contributed by atoms with Gasteiger partial charge in [0, 0.05) is 18.3 Å². The summed E-state index contributed by atoms with van der Waals surface area (Å²) in [7, 11) is -1.36. The zero-order valence-electron chi connectivity index (χ0n) is 11.8. The van der Waals surface area contributed by atoms with Gasteiger partial charge in [-0.1, -0.05) is 24.3 Å². The Bertz CT molecular complexity index is 526. The highest BCUT2D eigenvalue weighted by Crippen LogP contribution is 2.25. The summed E-state index contributed by atoms with van der Waals surface area (Å²) >= 11 is 1.86. The van der Waals surface area contributed by atoms with Crippen molar-refractivity contribution in [3.05, 3.63) is 35.4 Å². The lowest BCUT2D eigenvalue weighted by Gasteiger charge is -2.11. The maximum absolute atomic E-state index is 12.1. The minimum atomic E-state index is -3.24. The molecule has 1 aliphatic heterocycles. The van der Waals surface area contributed by atoms with E-state index in [9.17, 15) is 8.42 Å². The first kappa shape index (κ1) is 15.8. The molecule has 20 heavy (non-hydrogen) atoms. The van der Waals surface area contributed by atoms with Crippen LogP contribution >= 0.6 is 11.8 Å². The van der Waals surface area contributed by atoms with Gasteiger partial charge < -0.3 is 5.32 Å². The maximum Gasteiger partial charge on any atom is 0.215 e. The maximum atomic E-state index is 12.1. The second kappa shape index (κ2) is 7.45. The van der Waals surface area contributed by atoms with E-state index in [1.54, 1.807) is 0 Å². The molecule has 1 fully saturated rings. The van der Waals surface area contributed by atoms with E-state index in [0.717, 1.165) is 29.8 Å². The standard InChI is InChI=1S/C14H22N2O2S2/c1-15-9-12-4-2-5-13(8-12)11-20(17,18)16-10-14-6-3-7-19-14/h2,4-5,8,14-16H,3,6-7,9-11H2,1H3. The summed E-state index contributed by atoms with van der Waals surface area (Å²) in [6.45, 7) is 1.31. The van der Waals surface area contributed by atoms with Crippen molar-refractivity contribution in [2.24, 2.45) is 0 Å². The third-order valence-electron chi connectivity index (χ3n) is 3.28.